The van der Waals surface area contributed by atoms with E-state index in [4.69, 9.17) is 0 Å². The molecule has 0 radical (unpaired) electrons. The van der Waals surface area contributed by atoms with E-state index in [1.165, 1.54) is 0 Å². The van der Waals surface area contributed by atoms with Crippen molar-refractivity contribution in [1.29, 1.82) is 0 Å². The van der Waals surface area contributed by atoms with Gasteiger partial charge in [-0.05, 0) is 49.2 Å². The van der Waals surface area contributed by atoms with Gasteiger partial charge < -0.3 is 5.32 Å². The van der Waals surface area contributed by atoms with Gasteiger partial charge in [-0.2, -0.15) is 4.31 Å². The second-order valence-corrected chi connectivity index (χ2v) is 9.68. The zero-order valence-electron chi connectivity index (χ0n) is 17.1. The van der Waals surface area contributed by atoms with Gasteiger partial charge >= 0.3 is 0 Å². The second kappa shape index (κ2) is 7.76. The van der Waals surface area contributed by atoms with Crippen LogP contribution in [-0.4, -0.2) is 29.2 Å². The van der Waals surface area contributed by atoms with Gasteiger partial charge in [-0.1, -0.05) is 35.9 Å². The maximum absolute atomic E-state index is 13.1. The molecule has 0 aliphatic carbocycles. The Morgan fingerprint density at radius 2 is 1.81 bits per heavy atom. The molecule has 6 nitrogen and oxygen atoms in total. The van der Waals surface area contributed by atoms with E-state index in [1.54, 1.807) is 28.8 Å². The van der Waals surface area contributed by atoms with Gasteiger partial charge in [0.25, 0.3) is 0 Å². The number of hydrogen-bond acceptors (Lipinski definition) is 5. The Morgan fingerprint density at radius 1 is 1.00 bits per heavy atom. The van der Waals surface area contributed by atoms with Crippen molar-refractivity contribution in [3.63, 3.8) is 0 Å². The highest BCUT2D eigenvalue weighted by atomic mass is 32.2. The number of nitrogens with one attached hydrogen (secondary N) is 1. The van der Waals surface area contributed by atoms with Crippen molar-refractivity contribution >= 4 is 32.4 Å². The Labute approximate surface area is 181 Å². The smallest absolute Gasteiger partial charge is 0.243 e. The molecule has 7 heteroatoms. The van der Waals surface area contributed by atoms with E-state index < -0.39 is 10.0 Å². The van der Waals surface area contributed by atoms with Gasteiger partial charge in [0.2, 0.25) is 10.0 Å². The van der Waals surface area contributed by atoms with Crippen LogP contribution >= 0.6 is 0 Å². The molecular formula is C24H22N4O2S. The minimum atomic E-state index is -3.54. The normalized spacial score (nSPS) is 14.4. The SMILES string of the molecule is Cc1ccc(S(=O)(=O)N2CCc3c(ccnc3Nc3cnc4ccccc4c3)C2)cc1. The summed E-state index contributed by atoms with van der Waals surface area (Å²) in [7, 11) is -3.54. The molecule has 1 aliphatic rings. The van der Waals surface area contributed by atoms with Crippen LogP contribution < -0.4 is 5.32 Å². The zero-order valence-corrected chi connectivity index (χ0v) is 17.9. The first-order valence-corrected chi connectivity index (χ1v) is 11.6. The molecule has 0 amide bonds. The van der Waals surface area contributed by atoms with Crippen LogP contribution in [0.3, 0.4) is 0 Å². The molecule has 3 heterocycles. The lowest BCUT2D eigenvalue weighted by Crippen LogP contribution is -2.36. The summed E-state index contributed by atoms with van der Waals surface area (Å²) in [4.78, 5) is 9.34. The third-order valence-electron chi connectivity index (χ3n) is 5.62. The number of anilines is 2. The number of benzene rings is 2. The molecule has 156 valence electrons. The van der Waals surface area contributed by atoms with E-state index in [2.05, 4.69) is 15.3 Å². The summed E-state index contributed by atoms with van der Waals surface area (Å²) >= 11 is 0. The highest BCUT2D eigenvalue weighted by Gasteiger charge is 2.29. The van der Waals surface area contributed by atoms with Gasteiger partial charge in [-0.25, -0.2) is 13.4 Å². The lowest BCUT2D eigenvalue weighted by molar-refractivity contribution is 0.391. The molecule has 0 fully saturated rings. The number of aromatic nitrogens is 2. The largest absolute Gasteiger partial charge is 0.339 e. The van der Waals surface area contributed by atoms with Gasteiger partial charge in [-0.3, -0.25) is 4.98 Å². The van der Waals surface area contributed by atoms with Crippen molar-refractivity contribution in [2.75, 3.05) is 11.9 Å². The molecule has 31 heavy (non-hydrogen) atoms. The van der Waals surface area contributed by atoms with Crippen molar-refractivity contribution in [3.8, 4) is 0 Å². The summed E-state index contributed by atoms with van der Waals surface area (Å²) in [6.07, 6.45) is 4.11. The maximum atomic E-state index is 13.1. The molecule has 0 saturated carbocycles. The lowest BCUT2D eigenvalue weighted by atomic mass is 10.0. The van der Waals surface area contributed by atoms with Crippen LogP contribution in [0.2, 0.25) is 0 Å². The molecule has 0 saturated heterocycles. The molecular weight excluding hydrogens is 408 g/mol. The predicted octanol–water partition coefficient (Wildman–Crippen LogP) is 4.43. The second-order valence-electron chi connectivity index (χ2n) is 7.74. The third kappa shape index (κ3) is 3.78. The average Bonchev–Trinajstić information content (AvgIpc) is 2.79. The fourth-order valence-electron chi connectivity index (χ4n) is 3.91. The van der Waals surface area contributed by atoms with E-state index in [0.717, 1.165) is 39.1 Å². The van der Waals surface area contributed by atoms with Crippen LogP contribution in [0.25, 0.3) is 10.9 Å². The summed E-state index contributed by atoms with van der Waals surface area (Å²) in [5, 5.41) is 4.42. The van der Waals surface area contributed by atoms with Gasteiger partial charge in [0.05, 0.1) is 22.3 Å². The van der Waals surface area contributed by atoms with Crippen LogP contribution in [0.15, 0.2) is 78.0 Å². The maximum Gasteiger partial charge on any atom is 0.243 e. The number of para-hydroxylation sites is 1. The third-order valence-corrected chi connectivity index (χ3v) is 7.48. The van der Waals surface area contributed by atoms with Gasteiger partial charge in [0, 0.05) is 30.2 Å². The minimum absolute atomic E-state index is 0.330. The number of fused-ring (bicyclic) bond motifs is 2. The molecule has 1 aliphatic heterocycles. The molecule has 0 atom stereocenters. The van der Waals surface area contributed by atoms with Crippen molar-refractivity contribution in [2.45, 2.75) is 24.8 Å². The first-order valence-electron chi connectivity index (χ1n) is 10.2. The first kappa shape index (κ1) is 19.7. The Hall–Kier alpha value is -3.29. The summed E-state index contributed by atoms with van der Waals surface area (Å²) in [6, 6.07) is 18.9. The fourth-order valence-corrected chi connectivity index (χ4v) is 5.33. The van der Waals surface area contributed by atoms with Crippen LogP contribution in [0.5, 0.6) is 0 Å². The van der Waals surface area contributed by atoms with E-state index in [9.17, 15) is 8.42 Å². The van der Waals surface area contributed by atoms with Gasteiger partial charge in [-0.15, -0.1) is 0 Å². The summed E-state index contributed by atoms with van der Waals surface area (Å²) < 4.78 is 27.7. The summed E-state index contributed by atoms with van der Waals surface area (Å²) in [5.41, 5.74) is 4.84. The van der Waals surface area contributed by atoms with Crippen LogP contribution in [0, 0.1) is 6.92 Å². The van der Waals surface area contributed by atoms with Crippen molar-refractivity contribution in [3.05, 3.63) is 89.7 Å². The van der Waals surface area contributed by atoms with E-state index in [1.807, 2.05) is 55.5 Å². The number of aryl methyl sites for hydroxylation is 1. The Bertz CT molecular complexity index is 1370. The van der Waals surface area contributed by atoms with Crippen LogP contribution in [-0.2, 0) is 23.0 Å². The molecule has 2 aromatic carbocycles. The number of hydrogen-bond donors (Lipinski definition) is 1. The predicted molar refractivity (Wildman–Crippen MR) is 122 cm³/mol. The first-order chi connectivity index (χ1) is 15.0. The molecule has 2 aromatic heterocycles. The topological polar surface area (TPSA) is 75.2 Å². The highest BCUT2D eigenvalue weighted by Crippen LogP contribution is 2.30. The average molecular weight is 431 g/mol. The number of nitrogens with zero attached hydrogens (tertiary/aromatic N) is 3. The molecule has 0 spiro atoms. The highest BCUT2D eigenvalue weighted by molar-refractivity contribution is 7.89. The zero-order chi connectivity index (χ0) is 21.4. The van der Waals surface area contributed by atoms with Gasteiger partial charge in [0.1, 0.15) is 5.82 Å². The van der Waals surface area contributed by atoms with Crippen molar-refractivity contribution in [2.24, 2.45) is 0 Å². The van der Waals surface area contributed by atoms with Crippen molar-refractivity contribution in [1.82, 2.24) is 14.3 Å². The number of pyridine rings is 2. The molecule has 0 bridgehead atoms. The quantitative estimate of drug-likeness (QED) is 0.518. The Kier molecular flexibility index (Phi) is 4.92. The standard InChI is InChI=1S/C24H22N4O2S/c1-17-6-8-21(9-7-17)31(29,30)28-13-11-22-19(16-28)10-12-25-24(22)27-20-14-18-4-2-3-5-23(18)26-15-20/h2-10,12,14-15H,11,13,16H2,1H3,(H,25,27). The number of rotatable bonds is 4. The fraction of sp³-hybridized carbons (Fsp3) is 0.167. The minimum Gasteiger partial charge on any atom is -0.339 e. The van der Waals surface area contributed by atoms with Crippen LogP contribution in [0.1, 0.15) is 16.7 Å². The summed E-state index contributed by atoms with van der Waals surface area (Å²) in [6.45, 7) is 2.69. The molecule has 4 aromatic rings. The van der Waals surface area contributed by atoms with Gasteiger partial charge in [0.15, 0.2) is 0 Å². The number of sulfonamides is 1. The van der Waals surface area contributed by atoms with E-state index >= 15 is 0 Å². The van der Waals surface area contributed by atoms with Crippen LogP contribution in [0.4, 0.5) is 11.5 Å². The summed E-state index contributed by atoms with van der Waals surface area (Å²) in [5.74, 6) is 0.752. The molecule has 1 N–H and O–H groups in total. The Balaban J connectivity index is 1.42. The van der Waals surface area contributed by atoms with E-state index in [-0.39, 0.29) is 0 Å². The van der Waals surface area contributed by atoms with Crippen molar-refractivity contribution < 1.29 is 8.42 Å². The molecule has 5 rings (SSSR count). The lowest BCUT2D eigenvalue weighted by Gasteiger charge is -2.29. The van der Waals surface area contributed by atoms with E-state index in [0.29, 0.717) is 24.4 Å². The molecule has 0 unspecified atom stereocenters. The Morgan fingerprint density at radius 3 is 2.65 bits per heavy atom. The monoisotopic (exact) mass is 430 g/mol.